The second-order valence-electron chi connectivity index (χ2n) is 6.95. The van der Waals surface area contributed by atoms with Gasteiger partial charge in [-0.25, -0.2) is 0 Å². The molecule has 24 heavy (non-hydrogen) atoms. The molecule has 3 heteroatoms. The second kappa shape index (κ2) is 7.52. The lowest BCUT2D eigenvalue weighted by Gasteiger charge is -2.32. The fourth-order valence-corrected chi connectivity index (χ4v) is 3.39. The van der Waals surface area contributed by atoms with E-state index in [2.05, 4.69) is 35.3 Å². The first-order valence-corrected chi connectivity index (χ1v) is 8.80. The highest BCUT2D eigenvalue weighted by Gasteiger charge is 2.16. The lowest BCUT2D eigenvalue weighted by atomic mass is 10.00. The van der Waals surface area contributed by atoms with Gasteiger partial charge in [-0.3, -0.25) is 4.79 Å². The van der Waals surface area contributed by atoms with E-state index in [0.717, 1.165) is 30.3 Å². The number of carbonyl (C=O) groups is 1. The first-order chi connectivity index (χ1) is 11.6. The Balaban J connectivity index is 1.58. The molecule has 1 amide bonds. The molecule has 1 saturated heterocycles. The van der Waals surface area contributed by atoms with Gasteiger partial charge in [-0.2, -0.15) is 0 Å². The molecular weight excluding hydrogens is 296 g/mol. The van der Waals surface area contributed by atoms with E-state index in [9.17, 15) is 4.79 Å². The van der Waals surface area contributed by atoms with Gasteiger partial charge in [0.15, 0.2) is 0 Å². The molecule has 0 radical (unpaired) electrons. The van der Waals surface area contributed by atoms with Crippen LogP contribution in [-0.4, -0.2) is 19.0 Å². The van der Waals surface area contributed by atoms with E-state index >= 15 is 0 Å². The maximum absolute atomic E-state index is 12.2. The standard InChI is InChI=1S/C21H26N2O/c1-16-5-3-7-18(13-16)14-21(24)22-19-8-10-20(11-9-19)23-12-4-6-17(2)15-23/h3,5,7-11,13,17H,4,6,12,14-15H2,1-2H3,(H,22,24). The smallest absolute Gasteiger partial charge is 0.228 e. The third kappa shape index (κ3) is 4.38. The number of aryl methyl sites for hydroxylation is 1. The van der Waals surface area contributed by atoms with Crippen LogP contribution >= 0.6 is 0 Å². The fourth-order valence-electron chi connectivity index (χ4n) is 3.39. The topological polar surface area (TPSA) is 32.3 Å². The van der Waals surface area contributed by atoms with Crippen molar-refractivity contribution in [1.82, 2.24) is 0 Å². The third-order valence-corrected chi connectivity index (χ3v) is 4.62. The molecule has 2 aromatic rings. The largest absolute Gasteiger partial charge is 0.371 e. The predicted octanol–water partition coefficient (Wildman–Crippen LogP) is 4.41. The van der Waals surface area contributed by atoms with E-state index in [4.69, 9.17) is 0 Å². The maximum atomic E-state index is 12.2. The molecule has 1 fully saturated rings. The summed E-state index contributed by atoms with van der Waals surface area (Å²) in [5.41, 5.74) is 4.34. The van der Waals surface area contributed by atoms with Gasteiger partial charge in [0, 0.05) is 24.5 Å². The predicted molar refractivity (Wildman–Crippen MR) is 101 cm³/mol. The fraction of sp³-hybridized carbons (Fsp3) is 0.381. The number of benzene rings is 2. The summed E-state index contributed by atoms with van der Waals surface area (Å²) in [6, 6.07) is 16.3. The maximum Gasteiger partial charge on any atom is 0.228 e. The average molecular weight is 322 g/mol. The Hall–Kier alpha value is -2.29. The molecule has 126 valence electrons. The molecular formula is C21H26N2O. The minimum absolute atomic E-state index is 0.0277. The molecule has 0 saturated carbocycles. The highest BCUT2D eigenvalue weighted by Crippen LogP contribution is 2.24. The monoisotopic (exact) mass is 322 g/mol. The molecule has 0 aromatic heterocycles. The van der Waals surface area contributed by atoms with Crippen LogP contribution in [0.4, 0.5) is 11.4 Å². The molecule has 0 spiro atoms. The van der Waals surface area contributed by atoms with Crippen LogP contribution in [0.15, 0.2) is 48.5 Å². The van der Waals surface area contributed by atoms with Gasteiger partial charge in [0.2, 0.25) is 5.91 Å². The molecule has 0 bridgehead atoms. The zero-order valence-electron chi connectivity index (χ0n) is 14.6. The van der Waals surface area contributed by atoms with Crippen molar-refractivity contribution in [1.29, 1.82) is 0 Å². The van der Waals surface area contributed by atoms with E-state index in [1.54, 1.807) is 0 Å². The lowest BCUT2D eigenvalue weighted by Crippen LogP contribution is -2.34. The van der Waals surface area contributed by atoms with E-state index in [-0.39, 0.29) is 5.91 Å². The number of anilines is 2. The number of piperidine rings is 1. The van der Waals surface area contributed by atoms with Crippen LogP contribution in [0.5, 0.6) is 0 Å². The molecule has 0 aliphatic carbocycles. The number of carbonyl (C=O) groups excluding carboxylic acids is 1. The first kappa shape index (κ1) is 16.6. The van der Waals surface area contributed by atoms with Crippen molar-refractivity contribution in [3.8, 4) is 0 Å². The summed E-state index contributed by atoms with van der Waals surface area (Å²) in [5, 5.41) is 2.99. The van der Waals surface area contributed by atoms with Crippen molar-refractivity contribution < 1.29 is 4.79 Å². The number of nitrogens with one attached hydrogen (secondary N) is 1. The Morgan fingerprint density at radius 3 is 2.71 bits per heavy atom. The zero-order chi connectivity index (χ0) is 16.9. The second-order valence-corrected chi connectivity index (χ2v) is 6.95. The van der Waals surface area contributed by atoms with Crippen molar-refractivity contribution in [2.24, 2.45) is 5.92 Å². The molecule has 1 atom stereocenters. The van der Waals surface area contributed by atoms with Gasteiger partial charge in [0.1, 0.15) is 0 Å². The van der Waals surface area contributed by atoms with Gasteiger partial charge in [-0.15, -0.1) is 0 Å². The summed E-state index contributed by atoms with van der Waals surface area (Å²) in [6.45, 7) is 6.61. The van der Waals surface area contributed by atoms with Crippen molar-refractivity contribution in [3.05, 3.63) is 59.7 Å². The Morgan fingerprint density at radius 1 is 1.21 bits per heavy atom. The van der Waals surface area contributed by atoms with E-state index in [1.807, 2.05) is 37.3 Å². The minimum atomic E-state index is 0.0277. The Morgan fingerprint density at radius 2 is 2.00 bits per heavy atom. The van der Waals surface area contributed by atoms with Gasteiger partial charge < -0.3 is 10.2 Å². The average Bonchev–Trinajstić information content (AvgIpc) is 2.55. The van der Waals surface area contributed by atoms with Gasteiger partial charge in [0.25, 0.3) is 0 Å². The van der Waals surface area contributed by atoms with Crippen LogP contribution in [0.2, 0.25) is 0 Å². The summed E-state index contributed by atoms with van der Waals surface area (Å²) < 4.78 is 0. The van der Waals surface area contributed by atoms with Crippen LogP contribution in [0, 0.1) is 12.8 Å². The first-order valence-electron chi connectivity index (χ1n) is 8.80. The van der Waals surface area contributed by atoms with Gasteiger partial charge in [-0.05, 0) is 55.5 Å². The van der Waals surface area contributed by atoms with Crippen LogP contribution in [-0.2, 0) is 11.2 Å². The summed E-state index contributed by atoms with van der Waals surface area (Å²) in [4.78, 5) is 14.6. The van der Waals surface area contributed by atoms with Crippen LogP contribution in [0.25, 0.3) is 0 Å². The summed E-state index contributed by atoms with van der Waals surface area (Å²) >= 11 is 0. The van der Waals surface area contributed by atoms with Crippen molar-refractivity contribution in [2.45, 2.75) is 33.1 Å². The van der Waals surface area contributed by atoms with Crippen molar-refractivity contribution in [3.63, 3.8) is 0 Å². The molecule has 1 aliphatic heterocycles. The van der Waals surface area contributed by atoms with Crippen LogP contribution in [0.1, 0.15) is 30.9 Å². The number of amides is 1. The zero-order valence-corrected chi connectivity index (χ0v) is 14.6. The molecule has 1 aliphatic rings. The Kier molecular flexibility index (Phi) is 5.19. The SMILES string of the molecule is Cc1cccc(CC(=O)Nc2ccc(N3CCCC(C)C3)cc2)c1. The number of rotatable bonds is 4. The number of nitrogens with zero attached hydrogens (tertiary/aromatic N) is 1. The molecule has 1 heterocycles. The third-order valence-electron chi connectivity index (χ3n) is 4.62. The highest BCUT2D eigenvalue weighted by molar-refractivity contribution is 5.92. The molecule has 2 aromatic carbocycles. The van der Waals surface area contributed by atoms with Crippen LogP contribution < -0.4 is 10.2 Å². The van der Waals surface area contributed by atoms with E-state index in [0.29, 0.717) is 6.42 Å². The molecule has 1 unspecified atom stereocenters. The number of hydrogen-bond acceptors (Lipinski definition) is 2. The molecule has 3 nitrogen and oxygen atoms in total. The van der Waals surface area contributed by atoms with Gasteiger partial charge in [-0.1, -0.05) is 36.8 Å². The van der Waals surface area contributed by atoms with E-state index < -0.39 is 0 Å². The Bertz CT molecular complexity index is 693. The van der Waals surface area contributed by atoms with Crippen molar-refractivity contribution >= 4 is 17.3 Å². The van der Waals surface area contributed by atoms with E-state index in [1.165, 1.54) is 24.1 Å². The van der Waals surface area contributed by atoms with Gasteiger partial charge in [0.05, 0.1) is 6.42 Å². The van der Waals surface area contributed by atoms with Crippen LogP contribution in [0.3, 0.4) is 0 Å². The summed E-state index contributed by atoms with van der Waals surface area (Å²) in [7, 11) is 0. The highest BCUT2D eigenvalue weighted by atomic mass is 16.1. The molecule has 3 rings (SSSR count). The number of hydrogen-bond donors (Lipinski definition) is 1. The summed E-state index contributed by atoms with van der Waals surface area (Å²) in [6.07, 6.45) is 2.99. The van der Waals surface area contributed by atoms with Crippen molar-refractivity contribution in [2.75, 3.05) is 23.3 Å². The lowest BCUT2D eigenvalue weighted by molar-refractivity contribution is -0.115. The molecule has 1 N–H and O–H groups in total. The van der Waals surface area contributed by atoms with Gasteiger partial charge >= 0.3 is 0 Å². The normalized spacial score (nSPS) is 17.6. The summed E-state index contributed by atoms with van der Waals surface area (Å²) in [5.74, 6) is 0.785. The quantitative estimate of drug-likeness (QED) is 0.904. The minimum Gasteiger partial charge on any atom is -0.371 e. The Labute approximate surface area is 144 Å².